The van der Waals surface area contributed by atoms with Gasteiger partial charge in [-0.25, -0.2) is 0 Å². The maximum atomic E-state index is 10.2. The molecule has 0 aromatic heterocycles. The second kappa shape index (κ2) is 5.52. The summed E-state index contributed by atoms with van der Waals surface area (Å²) in [7, 11) is 0. The molecule has 0 unspecified atom stereocenters. The summed E-state index contributed by atoms with van der Waals surface area (Å²) in [5.74, 6) is 0.795. The molecule has 1 rings (SSSR count). The molecule has 0 aromatic rings. The molecule has 1 saturated carbocycles. The molecule has 2 nitrogen and oxygen atoms in total. The highest BCUT2D eigenvalue weighted by Gasteiger charge is 2.30. The van der Waals surface area contributed by atoms with Gasteiger partial charge < -0.3 is 10.4 Å². The van der Waals surface area contributed by atoms with E-state index in [0.717, 1.165) is 38.3 Å². The van der Waals surface area contributed by atoms with Crippen LogP contribution in [0, 0.1) is 5.92 Å². The summed E-state index contributed by atoms with van der Waals surface area (Å²) in [5.41, 5.74) is -0.437. The third kappa shape index (κ3) is 3.81. The molecule has 0 saturated heterocycles. The lowest BCUT2D eigenvalue weighted by molar-refractivity contribution is -0.00579. The Morgan fingerprint density at radius 2 is 2.14 bits per heavy atom. The summed E-state index contributed by atoms with van der Waals surface area (Å²) in [4.78, 5) is 0. The maximum Gasteiger partial charge on any atom is 0.0771 e. The van der Waals surface area contributed by atoms with Gasteiger partial charge in [-0.1, -0.05) is 13.0 Å². The Morgan fingerprint density at radius 1 is 1.50 bits per heavy atom. The maximum absolute atomic E-state index is 10.2. The molecule has 0 aliphatic heterocycles. The van der Waals surface area contributed by atoms with E-state index in [2.05, 4.69) is 18.8 Å². The third-order valence-electron chi connectivity index (χ3n) is 3.18. The molecule has 0 heterocycles. The second-order valence-corrected chi connectivity index (χ2v) is 4.66. The van der Waals surface area contributed by atoms with Crippen molar-refractivity contribution in [3.63, 3.8) is 0 Å². The lowest BCUT2D eigenvalue weighted by Gasteiger charge is -2.35. The normalized spacial score (nSPS) is 32.9. The highest BCUT2D eigenvalue weighted by Crippen LogP contribution is 2.31. The van der Waals surface area contributed by atoms with Crippen LogP contribution < -0.4 is 5.32 Å². The van der Waals surface area contributed by atoms with Crippen molar-refractivity contribution in [1.82, 2.24) is 5.32 Å². The molecule has 14 heavy (non-hydrogen) atoms. The van der Waals surface area contributed by atoms with E-state index in [1.807, 2.05) is 6.08 Å². The van der Waals surface area contributed by atoms with Crippen molar-refractivity contribution in [3.8, 4) is 0 Å². The third-order valence-corrected chi connectivity index (χ3v) is 3.18. The fourth-order valence-electron chi connectivity index (χ4n) is 2.00. The van der Waals surface area contributed by atoms with Gasteiger partial charge in [0.25, 0.3) is 0 Å². The molecule has 82 valence electrons. The molecule has 1 aliphatic carbocycles. The van der Waals surface area contributed by atoms with Crippen LogP contribution >= 0.6 is 0 Å². The van der Waals surface area contributed by atoms with Gasteiger partial charge in [0, 0.05) is 6.54 Å². The van der Waals surface area contributed by atoms with Crippen LogP contribution in [-0.2, 0) is 0 Å². The first-order valence-electron chi connectivity index (χ1n) is 5.70. The smallest absolute Gasteiger partial charge is 0.0771 e. The van der Waals surface area contributed by atoms with Crippen LogP contribution in [0.25, 0.3) is 0 Å². The minimum atomic E-state index is -0.437. The number of nitrogens with one attached hydrogen (secondary N) is 1. The SMILES string of the molecule is C=CCCNCC1(O)CCC(C)CC1. The van der Waals surface area contributed by atoms with Crippen molar-refractivity contribution >= 4 is 0 Å². The summed E-state index contributed by atoms with van der Waals surface area (Å²) >= 11 is 0. The Balaban J connectivity index is 2.18. The van der Waals surface area contributed by atoms with Crippen molar-refractivity contribution in [2.45, 2.75) is 44.6 Å². The van der Waals surface area contributed by atoms with Gasteiger partial charge in [-0.2, -0.15) is 0 Å². The van der Waals surface area contributed by atoms with Gasteiger partial charge in [-0.15, -0.1) is 6.58 Å². The molecule has 0 atom stereocenters. The summed E-state index contributed by atoms with van der Waals surface area (Å²) in [6, 6.07) is 0. The van der Waals surface area contributed by atoms with E-state index in [9.17, 15) is 5.11 Å². The zero-order valence-electron chi connectivity index (χ0n) is 9.26. The molecule has 2 N–H and O–H groups in total. The van der Waals surface area contributed by atoms with Gasteiger partial charge in [-0.3, -0.25) is 0 Å². The summed E-state index contributed by atoms with van der Waals surface area (Å²) in [6.07, 6.45) is 7.12. The number of rotatable bonds is 5. The zero-order valence-corrected chi connectivity index (χ0v) is 9.26. The summed E-state index contributed by atoms with van der Waals surface area (Å²) < 4.78 is 0. The van der Waals surface area contributed by atoms with Gasteiger partial charge in [0.2, 0.25) is 0 Å². The monoisotopic (exact) mass is 197 g/mol. The molecule has 0 amide bonds. The number of hydrogen-bond donors (Lipinski definition) is 2. The molecule has 0 aromatic carbocycles. The van der Waals surface area contributed by atoms with Crippen molar-refractivity contribution < 1.29 is 5.11 Å². The lowest BCUT2D eigenvalue weighted by atomic mass is 9.79. The first-order valence-corrected chi connectivity index (χ1v) is 5.70. The average Bonchev–Trinajstić information content (AvgIpc) is 2.18. The van der Waals surface area contributed by atoms with Crippen LogP contribution in [0.4, 0.5) is 0 Å². The molecule has 0 bridgehead atoms. The van der Waals surface area contributed by atoms with E-state index >= 15 is 0 Å². The number of aliphatic hydroxyl groups is 1. The molecule has 2 heteroatoms. The minimum absolute atomic E-state index is 0.437. The minimum Gasteiger partial charge on any atom is -0.389 e. The highest BCUT2D eigenvalue weighted by molar-refractivity contribution is 4.86. The van der Waals surface area contributed by atoms with E-state index in [0.29, 0.717) is 0 Å². The number of hydrogen-bond acceptors (Lipinski definition) is 2. The molecule has 0 radical (unpaired) electrons. The van der Waals surface area contributed by atoms with E-state index < -0.39 is 5.60 Å². The van der Waals surface area contributed by atoms with Gasteiger partial charge in [0.15, 0.2) is 0 Å². The average molecular weight is 197 g/mol. The van der Waals surface area contributed by atoms with E-state index in [1.54, 1.807) is 0 Å². The fraction of sp³-hybridized carbons (Fsp3) is 0.833. The Labute approximate surface area is 87.4 Å². The van der Waals surface area contributed by atoms with Gasteiger partial charge >= 0.3 is 0 Å². The zero-order chi connectivity index (χ0) is 10.4. The quantitative estimate of drug-likeness (QED) is 0.522. The Hall–Kier alpha value is -0.340. The molecule has 1 aliphatic rings. The lowest BCUT2D eigenvalue weighted by Crippen LogP contribution is -2.43. The summed E-state index contributed by atoms with van der Waals surface area (Å²) in [5, 5.41) is 13.5. The topological polar surface area (TPSA) is 32.3 Å². The molecule has 1 fully saturated rings. The first-order chi connectivity index (χ1) is 6.66. The predicted molar refractivity (Wildman–Crippen MR) is 60.3 cm³/mol. The van der Waals surface area contributed by atoms with E-state index in [-0.39, 0.29) is 0 Å². The van der Waals surface area contributed by atoms with Crippen LogP contribution in [0.5, 0.6) is 0 Å². The van der Waals surface area contributed by atoms with Crippen LogP contribution in [0.3, 0.4) is 0 Å². The summed E-state index contributed by atoms with van der Waals surface area (Å²) in [6.45, 7) is 7.61. The molecular formula is C12H23NO. The molecular weight excluding hydrogens is 174 g/mol. The molecule has 0 spiro atoms. The standard InChI is InChI=1S/C12H23NO/c1-3-4-9-13-10-12(14)7-5-11(2)6-8-12/h3,11,13-14H,1,4-10H2,2H3. The van der Waals surface area contributed by atoms with Gasteiger partial charge in [-0.05, 0) is 44.6 Å². The largest absolute Gasteiger partial charge is 0.389 e. The Bertz CT molecular complexity index is 171. The van der Waals surface area contributed by atoms with Crippen LogP contribution in [0.15, 0.2) is 12.7 Å². The van der Waals surface area contributed by atoms with Crippen LogP contribution in [-0.4, -0.2) is 23.8 Å². The van der Waals surface area contributed by atoms with Crippen LogP contribution in [0.1, 0.15) is 39.0 Å². The van der Waals surface area contributed by atoms with E-state index in [4.69, 9.17) is 0 Å². The first kappa shape index (κ1) is 11.7. The Morgan fingerprint density at radius 3 is 2.71 bits per heavy atom. The van der Waals surface area contributed by atoms with Crippen LogP contribution in [0.2, 0.25) is 0 Å². The van der Waals surface area contributed by atoms with Gasteiger partial charge in [0.1, 0.15) is 0 Å². The predicted octanol–water partition coefficient (Wildman–Crippen LogP) is 2.09. The van der Waals surface area contributed by atoms with Crippen molar-refractivity contribution in [3.05, 3.63) is 12.7 Å². The second-order valence-electron chi connectivity index (χ2n) is 4.66. The van der Waals surface area contributed by atoms with E-state index in [1.165, 1.54) is 12.8 Å². The Kier molecular flexibility index (Phi) is 4.63. The van der Waals surface area contributed by atoms with Crippen molar-refractivity contribution in [2.75, 3.05) is 13.1 Å². The highest BCUT2D eigenvalue weighted by atomic mass is 16.3. The van der Waals surface area contributed by atoms with Crippen molar-refractivity contribution in [2.24, 2.45) is 5.92 Å². The van der Waals surface area contributed by atoms with Crippen molar-refractivity contribution in [1.29, 1.82) is 0 Å². The fourth-order valence-corrected chi connectivity index (χ4v) is 2.00. The van der Waals surface area contributed by atoms with Gasteiger partial charge in [0.05, 0.1) is 5.60 Å².